The minimum atomic E-state index is -0.612. The van der Waals surface area contributed by atoms with Gasteiger partial charge in [-0.2, -0.15) is 0 Å². The molecule has 0 saturated carbocycles. The maximum absolute atomic E-state index is 13.3. The van der Waals surface area contributed by atoms with Crippen LogP contribution in [0, 0.1) is 6.92 Å². The highest BCUT2D eigenvalue weighted by molar-refractivity contribution is 6.05. The van der Waals surface area contributed by atoms with Crippen LogP contribution in [0.2, 0.25) is 0 Å². The number of hydrogen-bond acceptors (Lipinski definition) is 4. The average molecular weight is 404 g/mol. The van der Waals surface area contributed by atoms with Crippen molar-refractivity contribution in [3.8, 4) is 0 Å². The molecule has 7 nitrogen and oxygen atoms in total. The van der Waals surface area contributed by atoms with Crippen molar-refractivity contribution < 1.29 is 14.3 Å². The molecule has 3 aromatic rings. The molecule has 0 aliphatic carbocycles. The highest BCUT2D eigenvalue weighted by Crippen LogP contribution is 2.37. The third-order valence-corrected chi connectivity index (χ3v) is 5.81. The van der Waals surface area contributed by atoms with Gasteiger partial charge < -0.3 is 10.1 Å². The number of fused-ring (bicyclic) bond motifs is 3. The van der Waals surface area contributed by atoms with Gasteiger partial charge in [-0.25, -0.2) is 4.98 Å². The van der Waals surface area contributed by atoms with Gasteiger partial charge in [0.25, 0.3) is 5.91 Å². The van der Waals surface area contributed by atoms with Crippen molar-refractivity contribution in [2.45, 2.75) is 38.3 Å². The Hall–Kier alpha value is -3.19. The van der Waals surface area contributed by atoms with Gasteiger partial charge in [0.05, 0.1) is 30.1 Å². The van der Waals surface area contributed by atoms with Crippen molar-refractivity contribution in [1.82, 2.24) is 9.55 Å². The van der Waals surface area contributed by atoms with E-state index in [2.05, 4.69) is 5.32 Å². The molecule has 1 N–H and O–H groups in total. The quantitative estimate of drug-likeness (QED) is 0.707. The molecule has 0 radical (unpaired) electrons. The second kappa shape index (κ2) is 7.57. The highest BCUT2D eigenvalue weighted by atomic mass is 16.5. The van der Waals surface area contributed by atoms with Gasteiger partial charge in [0.15, 0.2) is 0 Å². The summed E-state index contributed by atoms with van der Waals surface area (Å²) in [6.45, 7) is 3.20. The van der Waals surface area contributed by atoms with Gasteiger partial charge in [-0.05, 0) is 44.0 Å². The summed E-state index contributed by atoms with van der Waals surface area (Å²) >= 11 is 0. The number of benzene rings is 2. The Morgan fingerprint density at radius 1 is 1.20 bits per heavy atom. The zero-order valence-corrected chi connectivity index (χ0v) is 16.9. The molecule has 0 bridgehead atoms. The van der Waals surface area contributed by atoms with E-state index in [-0.39, 0.29) is 24.3 Å². The number of para-hydroxylation sites is 2. The first-order chi connectivity index (χ1) is 14.6. The Balaban J connectivity index is 1.43. The number of imidazole rings is 1. The molecule has 2 atom stereocenters. The third-order valence-electron chi connectivity index (χ3n) is 5.81. The number of anilines is 2. The first kappa shape index (κ1) is 18.8. The van der Waals surface area contributed by atoms with Crippen molar-refractivity contribution in [3.63, 3.8) is 0 Å². The minimum Gasteiger partial charge on any atom is -0.376 e. The molecule has 7 heteroatoms. The van der Waals surface area contributed by atoms with Crippen LogP contribution in [0.25, 0.3) is 11.0 Å². The number of hydrogen-bond donors (Lipinski definition) is 1. The van der Waals surface area contributed by atoms with Gasteiger partial charge in [0.2, 0.25) is 11.9 Å². The first-order valence-electron chi connectivity index (χ1n) is 10.4. The van der Waals surface area contributed by atoms with Gasteiger partial charge in [0, 0.05) is 12.3 Å². The minimum absolute atomic E-state index is 0.0161. The number of aryl methyl sites for hydroxylation is 1. The molecule has 0 spiro atoms. The summed E-state index contributed by atoms with van der Waals surface area (Å²) in [6.07, 6.45) is 2.01. The van der Waals surface area contributed by atoms with E-state index in [4.69, 9.17) is 9.72 Å². The standard InChI is InChI=1S/C23H24N4O3/c1-15-8-10-16(11-9-15)24-21(28)13-20-22(29)26(14-17-5-4-12-30-17)23-25-18-6-2-3-7-19(18)27(20)23/h2-3,6-11,17,20H,4-5,12-14H2,1H3,(H,24,28)/t17-,20-/m0/s1. The number of rotatable bonds is 5. The number of nitrogens with one attached hydrogen (secondary N) is 1. The van der Waals surface area contributed by atoms with Crippen LogP contribution in [-0.4, -0.2) is 40.6 Å². The summed E-state index contributed by atoms with van der Waals surface area (Å²) in [7, 11) is 0. The van der Waals surface area contributed by atoms with Crippen LogP contribution in [-0.2, 0) is 14.3 Å². The molecule has 0 unspecified atom stereocenters. The van der Waals surface area contributed by atoms with Gasteiger partial charge in [0.1, 0.15) is 6.04 Å². The van der Waals surface area contributed by atoms with E-state index in [0.717, 1.165) is 41.7 Å². The molecule has 154 valence electrons. The summed E-state index contributed by atoms with van der Waals surface area (Å²) in [5.74, 6) is 0.308. The summed E-state index contributed by atoms with van der Waals surface area (Å²) < 4.78 is 7.65. The van der Waals surface area contributed by atoms with Crippen LogP contribution in [0.3, 0.4) is 0 Å². The van der Waals surface area contributed by atoms with Gasteiger partial charge in [-0.3, -0.25) is 19.1 Å². The summed E-state index contributed by atoms with van der Waals surface area (Å²) in [4.78, 5) is 32.5. The molecular formula is C23H24N4O3. The molecule has 1 aromatic heterocycles. The monoisotopic (exact) mass is 404 g/mol. The second-order valence-corrected chi connectivity index (χ2v) is 7.99. The molecule has 1 saturated heterocycles. The van der Waals surface area contributed by atoms with Crippen LogP contribution < -0.4 is 10.2 Å². The van der Waals surface area contributed by atoms with Crippen LogP contribution >= 0.6 is 0 Å². The largest absolute Gasteiger partial charge is 0.376 e. The lowest BCUT2D eigenvalue weighted by Crippen LogP contribution is -2.37. The Morgan fingerprint density at radius 3 is 2.77 bits per heavy atom. The van der Waals surface area contributed by atoms with Crippen LogP contribution in [0.1, 0.15) is 30.9 Å². The second-order valence-electron chi connectivity index (χ2n) is 7.99. The van der Waals surface area contributed by atoms with E-state index >= 15 is 0 Å². The number of ether oxygens (including phenoxy) is 1. The van der Waals surface area contributed by atoms with Gasteiger partial charge in [-0.15, -0.1) is 0 Å². The van der Waals surface area contributed by atoms with Crippen molar-refractivity contribution in [1.29, 1.82) is 0 Å². The topological polar surface area (TPSA) is 76.5 Å². The number of aromatic nitrogens is 2. The van der Waals surface area contributed by atoms with Gasteiger partial charge in [-0.1, -0.05) is 29.8 Å². The van der Waals surface area contributed by atoms with E-state index < -0.39 is 6.04 Å². The SMILES string of the molecule is Cc1ccc(NC(=O)C[C@H]2C(=O)N(C[C@@H]3CCCO3)c3nc4ccccc4n32)cc1. The summed E-state index contributed by atoms with van der Waals surface area (Å²) in [5, 5.41) is 2.91. The van der Waals surface area contributed by atoms with E-state index in [9.17, 15) is 9.59 Å². The van der Waals surface area contributed by atoms with Crippen molar-refractivity contribution in [3.05, 3.63) is 54.1 Å². The number of amides is 2. The Labute approximate surface area is 174 Å². The predicted octanol–water partition coefficient (Wildman–Crippen LogP) is 3.44. The summed E-state index contributed by atoms with van der Waals surface area (Å²) in [6, 6.07) is 14.7. The van der Waals surface area contributed by atoms with Crippen molar-refractivity contribution in [2.24, 2.45) is 0 Å². The molecule has 2 aliphatic rings. The van der Waals surface area contributed by atoms with E-state index in [1.165, 1.54) is 0 Å². The lowest BCUT2D eigenvalue weighted by molar-refractivity contribution is -0.124. The third kappa shape index (κ3) is 3.35. The average Bonchev–Trinajstić information content (AvgIpc) is 3.44. The lowest BCUT2D eigenvalue weighted by atomic mass is 10.1. The predicted molar refractivity (Wildman–Crippen MR) is 115 cm³/mol. The molecule has 2 aromatic carbocycles. The zero-order valence-electron chi connectivity index (χ0n) is 16.9. The molecule has 3 heterocycles. The number of nitrogens with zero attached hydrogens (tertiary/aromatic N) is 3. The smallest absolute Gasteiger partial charge is 0.253 e. The Morgan fingerprint density at radius 2 is 2.00 bits per heavy atom. The molecule has 1 fully saturated rings. The van der Waals surface area contributed by atoms with Crippen LogP contribution in [0.5, 0.6) is 0 Å². The van der Waals surface area contributed by atoms with E-state index in [1.54, 1.807) is 4.90 Å². The van der Waals surface area contributed by atoms with E-state index in [1.807, 2.05) is 60.0 Å². The van der Waals surface area contributed by atoms with Crippen molar-refractivity contribution in [2.75, 3.05) is 23.4 Å². The van der Waals surface area contributed by atoms with Crippen molar-refractivity contribution >= 4 is 34.5 Å². The Kier molecular flexibility index (Phi) is 4.75. The normalized spacial score (nSPS) is 20.7. The molecule has 5 rings (SSSR count). The highest BCUT2D eigenvalue weighted by Gasteiger charge is 2.42. The van der Waals surface area contributed by atoms with Crippen LogP contribution in [0.4, 0.5) is 11.6 Å². The fourth-order valence-corrected chi connectivity index (χ4v) is 4.29. The fraction of sp³-hybridized carbons (Fsp3) is 0.348. The van der Waals surface area contributed by atoms with Crippen LogP contribution in [0.15, 0.2) is 48.5 Å². The Bertz CT molecular complexity index is 1100. The maximum atomic E-state index is 13.3. The molecule has 30 heavy (non-hydrogen) atoms. The fourth-order valence-electron chi connectivity index (χ4n) is 4.29. The number of carbonyl (C=O) groups is 2. The number of carbonyl (C=O) groups excluding carboxylic acids is 2. The molecular weight excluding hydrogens is 380 g/mol. The summed E-state index contributed by atoms with van der Waals surface area (Å²) in [5.41, 5.74) is 3.53. The molecule has 2 amide bonds. The molecule has 2 aliphatic heterocycles. The van der Waals surface area contributed by atoms with Gasteiger partial charge >= 0.3 is 0 Å². The zero-order chi connectivity index (χ0) is 20.7. The van der Waals surface area contributed by atoms with E-state index in [0.29, 0.717) is 12.5 Å². The maximum Gasteiger partial charge on any atom is 0.253 e. The first-order valence-corrected chi connectivity index (χ1v) is 10.4. The lowest BCUT2D eigenvalue weighted by Gasteiger charge is -2.19.